The minimum atomic E-state index is -3.04. The molecule has 16 heavy (non-hydrogen) atoms. The van der Waals surface area contributed by atoms with Crippen LogP contribution in [0.3, 0.4) is 0 Å². The van der Waals surface area contributed by atoms with Gasteiger partial charge in [0.25, 0.3) is 0 Å². The van der Waals surface area contributed by atoms with Crippen molar-refractivity contribution in [1.29, 1.82) is 0 Å². The zero-order valence-corrected chi connectivity index (χ0v) is 10.5. The molecule has 0 aromatic heterocycles. The monoisotopic (exact) mass is 242 g/mol. The van der Waals surface area contributed by atoms with E-state index in [0.717, 1.165) is 5.92 Å². The minimum Gasteiger partial charge on any atom is -0.308 e. The molecule has 1 aliphatic carbocycles. The summed E-state index contributed by atoms with van der Waals surface area (Å²) < 4.78 is 22.2. The number of hydrogen-bond acceptors (Lipinski definition) is 4. The van der Waals surface area contributed by atoms with E-state index < -0.39 is 7.60 Å². The summed E-state index contributed by atoms with van der Waals surface area (Å²) in [7, 11) is -3.04. The molecule has 0 spiro atoms. The first-order valence-corrected chi connectivity index (χ1v) is 7.02. The Bertz CT molecular complexity index is 252. The lowest BCUT2D eigenvalue weighted by Gasteiger charge is -2.14. The molecule has 0 aromatic carbocycles. The molecular formula is C11H17NO3P. The highest BCUT2D eigenvalue weighted by Crippen LogP contribution is 2.47. The highest BCUT2D eigenvalue weighted by Gasteiger charge is 2.23. The maximum atomic E-state index is 12.0. The topological polar surface area (TPSA) is 47.9 Å². The highest BCUT2D eigenvalue weighted by atomic mass is 31.2. The van der Waals surface area contributed by atoms with Gasteiger partial charge in [0.1, 0.15) is 6.29 Å². The Labute approximate surface area is 98.0 Å². The van der Waals surface area contributed by atoms with E-state index >= 15 is 0 Å². The van der Waals surface area contributed by atoms with Crippen molar-refractivity contribution in [2.75, 3.05) is 19.5 Å². The van der Waals surface area contributed by atoms with Crippen LogP contribution < -0.4 is 0 Å². The average molecular weight is 242 g/mol. The summed E-state index contributed by atoms with van der Waals surface area (Å²) in [5.74, 6) is 0.986. The smallest absolute Gasteiger partial charge is 0.308 e. The molecule has 0 heterocycles. The van der Waals surface area contributed by atoms with Crippen LogP contribution in [0.1, 0.15) is 13.8 Å². The van der Waals surface area contributed by atoms with Gasteiger partial charge in [-0.3, -0.25) is 9.56 Å². The molecule has 0 aromatic rings. The summed E-state index contributed by atoms with van der Waals surface area (Å²) in [5.41, 5.74) is 0. The van der Waals surface area contributed by atoms with Gasteiger partial charge in [-0.05, 0) is 39.5 Å². The molecule has 1 saturated carbocycles. The molecule has 4 nitrogen and oxygen atoms in total. The first-order valence-electron chi connectivity index (χ1n) is 5.30. The fraction of sp³-hybridized carbons (Fsp3) is 0.455. The molecule has 0 atom stereocenters. The summed E-state index contributed by atoms with van der Waals surface area (Å²) in [6.45, 7) is 4.30. The van der Waals surface area contributed by atoms with Crippen molar-refractivity contribution >= 4 is 13.8 Å². The fourth-order valence-corrected chi connectivity index (χ4v) is 2.54. The molecular weight excluding hydrogens is 225 g/mol. The molecule has 0 N–H and O–H groups in total. The number of aliphatic imine (C=N–C) groups is 1. The maximum absolute atomic E-state index is 12.0. The molecule has 5 radical (unpaired) electrons. The van der Waals surface area contributed by atoms with Crippen molar-refractivity contribution in [2.24, 2.45) is 4.99 Å². The molecule has 89 valence electrons. The van der Waals surface area contributed by atoms with Crippen molar-refractivity contribution in [3.63, 3.8) is 0 Å². The second-order valence-electron chi connectivity index (χ2n) is 3.12. The van der Waals surface area contributed by atoms with E-state index in [0.29, 0.717) is 13.2 Å². The summed E-state index contributed by atoms with van der Waals surface area (Å²) in [6.07, 6.45) is 9.44. The van der Waals surface area contributed by atoms with E-state index in [1.54, 1.807) is 20.1 Å². The summed E-state index contributed by atoms with van der Waals surface area (Å²) >= 11 is 0. The fourth-order valence-electron chi connectivity index (χ4n) is 1.23. The van der Waals surface area contributed by atoms with Crippen molar-refractivity contribution < 1.29 is 13.6 Å². The molecule has 0 amide bonds. The number of rotatable bonds is 7. The predicted octanol–water partition coefficient (Wildman–Crippen LogP) is 2.69. The molecule has 0 saturated heterocycles. The molecule has 0 aliphatic heterocycles. The number of hydrogen-bond donors (Lipinski definition) is 0. The lowest BCUT2D eigenvalue weighted by Crippen LogP contribution is -2.00. The molecule has 5 heteroatoms. The largest absolute Gasteiger partial charge is 0.351 e. The van der Waals surface area contributed by atoms with Crippen molar-refractivity contribution in [3.8, 4) is 0 Å². The van der Waals surface area contributed by atoms with Crippen LogP contribution in [0.5, 0.6) is 0 Å². The third-order valence-electron chi connectivity index (χ3n) is 1.84. The van der Waals surface area contributed by atoms with E-state index in [1.165, 1.54) is 0 Å². The van der Waals surface area contributed by atoms with Crippen LogP contribution in [-0.4, -0.2) is 25.7 Å². The first kappa shape index (κ1) is 13.9. The molecule has 0 bridgehead atoms. The SMILES string of the molecule is CCOP(=O)(C/N=C/[C]1[CH][CH][CH][CH]1)OCC. The van der Waals surface area contributed by atoms with Crippen LogP contribution in [0.25, 0.3) is 0 Å². The molecule has 1 fully saturated rings. The normalized spacial score (nSPS) is 18.6. The van der Waals surface area contributed by atoms with Crippen LogP contribution in [0.2, 0.25) is 0 Å². The Morgan fingerprint density at radius 2 is 1.81 bits per heavy atom. The number of nitrogens with zero attached hydrogens (tertiary/aromatic N) is 1. The second kappa shape index (κ2) is 7.21. The van der Waals surface area contributed by atoms with Gasteiger partial charge in [-0.25, -0.2) is 0 Å². The van der Waals surface area contributed by atoms with Crippen LogP contribution in [-0.2, 0) is 13.6 Å². The molecule has 1 rings (SSSR count). The third kappa shape index (κ3) is 4.77. The Morgan fingerprint density at radius 1 is 1.25 bits per heavy atom. The van der Waals surface area contributed by atoms with Gasteiger partial charge in [0.05, 0.1) is 13.2 Å². The van der Waals surface area contributed by atoms with E-state index in [9.17, 15) is 4.57 Å². The van der Waals surface area contributed by atoms with Gasteiger partial charge in [-0.15, -0.1) is 0 Å². The zero-order valence-electron chi connectivity index (χ0n) is 9.63. The van der Waals surface area contributed by atoms with E-state index in [-0.39, 0.29) is 6.29 Å². The van der Waals surface area contributed by atoms with Gasteiger partial charge in [-0.2, -0.15) is 0 Å². The average Bonchev–Trinajstić information content (AvgIpc) is 2.71. The third-order valence-corrected chi connectivity index (χ3v) is 3.65. The van der Waals surface area contributed by atoms with Crippen LogP contribution in [0.4, 0.5) is 0 Å². The van der Waals surface area contributed by atoms with E-state index in [4.69, 9.17) is 9.05 Å². The highest BCUT2D eigenvalue weighted by molar-refractivity contribution is 7.53. The molecule has 0 unspecified atom stereocenters. The zero-order chi connectivity index (χ0) is 11.9. The van der Waals surface area contributed by atoms with Crippen molar-refractivity contribution in [1.82, 2.24) is 0 Å². The van der Waals surface area contributed by atoms with Gasteiger partial charge in [-0.1, -0.05) is 0 Å². The lowest BCUT2D eigenvalue weighted by atomic mass is 10.1. The standard InChI is InChI=1S/C11H17NO3P/c1-3-14-16(13,15-4-2)10-12-9-11-7-5-6-8-11/h5-9H,3-4,10H2,1-2H3/b12-9+. The van der Waals surface area contributed by atoms with Crippen LogP contribution in [0, 0.1) is 31.6 Å². The quantitative estimate of drug-likeness (QED) is 0.509. The Kier molecular flexibility index (Phi) is 6.25. The van der Waals surface area contributed by atoms with Crippen LogP contribution >= 0.6 is 7.60 Å². The Balaban J connectivity index is 2.39. The van der Waals surface area contributed by atoms with Crippen LogP contribution in [0.15, 0.2) is 4.99 Å². The van der Waals surface area contributed by atoms with Gasteiger partial charge in [0, 0.05) is 12.1 Å². The van der Waals surface area contributed by atoms with Gasteiger partial charge < -0.3 is 9.05 Å². The molecule has 1 aliphatic rings. The van der Waals surface area contributed by atoms with E-state index in [1.807, 2.05) is 25.7 Å². The predicted molar refractivity (Wildman–Crippen MR) is 64.7 cm³/mol. The summed E-state index contributed by atoms with van der Waals surface area (Å²) in [5, 5.41) is 0. The lowest BCUT2D eigenvalue weighted by molar-refractivity contribution is 0.221. The van der Waals surface area contributed by atoms with Gasteiger partial charge in [0.2, 0.25) is 0 Å². The summed E-state index contributed by atoms with van der Waals surface area (Å²) in [4.78, 5) is 4.09. The van der Waals surface area contributed by atoms with Crippen molar-refractivity contribution in [3.05, 3.63) is 31.6 Å². The Morgan fingerprint density at radius 3 is 2.31 bits per heavy atom. The Hall–Kier alpha value is -0.180. The minimum absolute atomic E-state index is 0.0693. The van der Waals surface area contributed by atoms with Gasteiger partial charge in [0.15, 0.2) is 0 Å². The van der Waals surface area contributed by atoms with E-state index in [2.05, 4.69) is 4.99 Å². The second-order valence-corrected chi connectivity index (χ2v) is 5.14. The summed E-state index contributed by atoms with van der Waals surface area (Å²) in [6, 6.07) is 0. The van der Waals surface area contributed by atoms with Crippen molar-refractivity contribution in [2.45, 2.75) is 13.8 Å². The maximum Gasteiger partial charge on any atom is 0.351 e. The first-order chi connectivity index (χ1) is 7.70. The van der Waals surface area contributed by atoms with Gasteiger partial charge >= 0.3 is 7.60 Å².